The zero-order chi connectivity index (χ0) is 12.1. The normalized spacial score (nSPS) is 11.7. The summed E-state index contributed by atoms with van der Waals surface area (Å²) in [4.78, 5) is 23.7. The second kappa shape index (κ2) is 5.34. The molecule has 0 saturated carbocycles. The molecule has 1 heterocycles. The minimum absolute atomic E-state index is 0.00806. The van der Waals surface area contributed by atoms with Gasteiger partial charge in [0.2, 0.25) is 0 Å². The van der Waals surface area contributed by atoms with Crippen molar-refractivity contribution < 1.29 is 9.53 Å². The smallest absolute Gasteiger partial charge is 0.356 e. The molecular weight excluding hydrogens is 206 g/mol. The highest BCUT2D eigenvalue weighted by Gasteiger charge is 2.17. The van der Waals surface area contributed by atoms with Crippen molar-refractivity contribution in [3.05, 3.63) is 23.8 Å². The number of aliphatic imine (C=N–C) groups is 1. The molecule has 0 spiro atoms. The van der Waals surface area contributed by atoms with Crippen LogP contribution in [0, 0.1) is 6.92 Å². The minimum Gasteiger partial charge on any atom is -0.464 e. The van der Waals surface area contributed by atoms with Crippen molar-refractivity contribution in [2.45, 2.75) is 26.8 Å². The molecule has 86 valence electrons. The Bertz CT molecular complexity index is 413. The predicted molar refractivity (Wildman–Crippen MR) is 60.5 cm³/mol. The van der Waals surface area contributed by atoms with Crippen molar-refractivity contribution in [1.82, 2.24) is 9.97 Å². The van der Waals surface area contributed by atoms with Gasteiger partial charge in [0.05, 0.1) is 12.8 Å². The average Bonchev–Trinajstić information content (AvgIpc) is 2.26. The van der Waals surface area contributed by atoms with Crippen LogP contribution in [-0.2, 0) is 9.53 Å². The van der Waals surface area contributed by atoms with Gasteiger partial charge in [0.15, 0.2) is 5.71 Å². The van der Waals surface area contributed by atoms with Crippen LogP contribution in [0.1, 0.15) is 25.1 Å². The lowest BCUT2D eigenvalue weighted by Gasteiger charge is -2.08. The van der Waals surface area contributed by atoms with E-state index in [0.29, 0.717) is 11.3 Å². The molecule has 0 aliphatic heterocycles. The van der Waals surface area contributed by atoms with Gasteiger partial charge in [-0.2, -0.15) is 0 Å². The van der Waals surface area contributed by atoms with E-state index in [-0.39, 0.29) is 11.8 Å². The monoisotopic (exact) mass is 221 g/mol. The summed E-state index contributed by atoms with van der Waals surface area (Å²) in [7, 11) is 1.33. The van der Waals surface area contributed by atoms with Crippen LogP contribution in [0.3, 0.4) is 0 Å². The van der Waals surface area contributed by atoms with Crippen LogP contribution in [-0.4, -0.2) is 34.8 Å². The van der Waals surface area contributed by atoms with E-state index in [2.05, 4.69) is 15.0 Å². The second-order valence-corrected chi connectivity index (χ2v) is 3.58. The molecule has 0 unspecified atom stereocenters. The first-order valence-corrected chi connectivity index (χ1v) is 4.99. The maximum atomic E-state index is 11.6. The van der Waals surface area contributed by atoms with Crippen molar-refractivity contribution in [3.63, 3.8) is 0 Å². The summed E-state index contributed by atoms with van der Waals surface area (Å²) in [6.45, 7) is 5.58. The van der Waals surface area contributed by atoms with Gasteiger partial charge in [-0.05, 0) is 20.8 Å². The van der Waals surface area contributed by atoms with E-state index >= 15 is 0 Å². The third-order valence-electron chi connectivity index (χ3n) is 1.93. The van der Waals surface area contributed by atoms with E-state index in [1.807, 2.05) is 13.8 Å². The summed E-state index contributed by atoms with van der Waals surface area (Å²) in [6.07, 6.45) is 3.00. The molecule has 0 N–H and O–H groups in total. The lowest BCUT2D eigenvalue weighted by Crippen LogP contribution is -2.20. The Balaban J connectivity index is 3.22. The number of carbonyl (C=O) groups excluding carboxylic acids is 1. The number of esters is 1. The first-order valence-electron chi connectivity index (χ1n) is 4.99. The lowest BCUT2D eigenvalue weighted by molar-refractivity contribution is -0.132. The molecule has 5 heteroatoms. The average molecular weight is 221 g/mol. The molecule has 0 fully saturated rings. The fourth-order valence-electron chi connectivity index (χ4n) is 1.21. The molecular formula is C11H15N3O2. The number of aryl methyl sites for hydroxylation is 1. The van der Waals surface area contributed by atoms with Gasteiger partial charge in [-0.25, -0.2) is 14.8 Å². The van der Waals surface area contributed by atoms with Gasteiger partial charge < -0.3 is 4.74 Å². The molecule has 0 aliphatic carbocycles. The van der Waals surface area contributed by atoms with E-state index < -0.39 is 5.97 Å². The third kappa shape index (κ3) is 2.85. The fraction of sp³-hybridized carbons (Fsp3) is 0.455. The number of nitrogens with zero attached hydrogens (tertiary/aromatic N) is 3. The van der Waals surface area contributed by atoms with Crippen LogP contribution in [0.5, 0.6) is 0 Å². The number of methoxy groups -OCH3 is 1. The van der Waals surface area contributed by atoms with Gasteiger partial charge in [0.1, 0.15) is 6.33 Å². The predicted octanol–water partition coefficient (Wildman–Crippen LogP) is 1.16. The molecule has 0 radical (unpaired) electrons. The van der Waals surface area contributed by atoms with Crippen molar-refractivity contribution in [3.8, 4) is 0 Å². The maximum Gasteiger partial charge on any atom is 0.356 e. The van der Waals surface area contributed by atoms with Crippen LogP contribution in [0.15, 0.2) is 17.5 Å². The number of ether oxygens (including phenoxy) is 1. The maximum absolute atomic E-state index is 11.6. The minimum atomic E-state index is -0.466. The fourth-order valence-corrected chi connectivity index (χ4v) is 1.21. The lowest BCUT2D eigenvalue weighted by atomic mass is 10.1. The molecule has 0 aliphatic rings. The number of rotatable bonds is 3. The first kappa shape index (κ1) is 12.3. The molecule has 0 aromatic carbocycles. The number of aromatic nitrogens is 2. The molecule has 0 atom stereocenters. The Kier molecular flexibility index (Phi) is 4.10. The molecule has 5 nitrogen and oxygen atoms in total. The Morgan fingerprint density at radius 1 is 1.50 bits per heavy atom. The van der Waals surface area contributed by atoms with Gasteiger partial charge in [-0.1, -0.05) is 0 Å². The van der Waals surface area contributed by atoms with Crippen molar-refractivity contribution in [2.24, 2.45) is 4.99 Å². The SMILES string of the molecule is COC(=O)C(=NC(C)C)c1cncnc1C. The van der Waals surface area contributed by atoms with E-state index in [1.165, 1.54) is 13.4 Å². The summed E-state index contributed by atoms with van der Waals surface area (Å²) in [5, 5.41) is 0. The topological polar surface area (TPSA) is 64.4 Å². The Labute approximate surface area is 94.6 Å². The van der Waals surface area contributed by atoms with E-state index in [1.54, 1.807) is 13.1 Å². The second-order valence-electron chi connectivity index (χ2n) is 3.58. The van der Waals surface area contributed by atoms with E-state index in [4.69, 9.17) is 4.74 Å². The number of carbonyl (C=O) groups is 1. The highest BCUT2D eigenvalue weighted by Crippen LogP contribution is 2.07. The molecule has 0 bridgehead atoms. The largest absolute Gasteiger partial charge is 0.464 e. The molecule has 1 aromatic rings. The van der Waals surface area contributed by atoms with Crippen LogP contribution in [0.25, 0.3) is 0 Å². The molecule has 16 heavy (non-hydrogen) atoms. The van der Waals surface area contributed by atoms with Gasteiger partial charge >= 0.3 is 5.97 Å². The zero-order valence-corrected chi connectivity index (χ0v) is 9.89. The quantitative estimate of drug-likeness (QED) is 0.567. The van der Waals surface area contributed by atoms with Crippen LogP contribution < -0.4 is 0 Å². The molecule has 0 saturated heterocycles. The standard InChI is InChI=1S/C11H15N3O2/c1-7(2)14-10(11(15)16-4)9-5-12-6-13-8(9)3/h5-7H,1-4H3. The van der Waals surface area contributed by atoms with Crippen LogP contribution in [0.4, 0.5) is 0 Å². The highest BCUT2D eigenvalue weighted by molar-refractivity contribution is 6.43. The van der Waals surface area contributed by atoms with Gasteiger partial charge in [0.25, 0.3) is 0 Å². The van der Waals surface area contributed by atoms with Gasteiger partial charge in [-0.3, -0.25) is 4.99 Å². The summed E-state index contributed by atoms with van der Waals surface area (Å²) in [5.41, 5.74) is 1.60. The summed E-state index contributed by atoms with van der Waals surface area (Å²) in [5.74, 6) is -0.466. The number of hydrogen-bond acceptors (Lipinski definition) is 5. The molecule has 1 rings (SSSR count). The van der Waals surface area contributed by atoms with Crippen molar-refractivity contribution >= 4 is 11.7 Å². The summed E-state index contributed by atoms with van der Waals surface area (Å²) >= 11 is 0. The Hall–Kier alpha value is -1.78. The van der Waals surface area contributed by atoms with Crippen molar-refractivity contribution in [1.29, 1.82) is 0 Å². The summed E-state index contributed by atoms with van der Waals surface area (Å²) < 4.78 is 4.70. The zero-order valence-electron chi connectivity index (χ0n) is 9.89. The summed E-state index contributed by atoms with van der Waals surface area (Å²) in [6, 6.07) is 0.00806. The highest BCUT2D eigenvalue weighted by atomic mass is 16.5. The number of hydrogen-bond donors (Lipinski definition) is 0. The Morgan fingerprint density at radius 3 is 2.69 bits per heavy atom. The van der Waals surface area contributed by atoms with Crippen LogP contribution >= 0.6 is 0 Å². The van der Waals surface area contributed by atoms with E-state index in [0.717, 1.165) is 0 Å². The molecule has 0 amide bonds. The third-order valence-corrected chi connectivity index (χ3v) is 1.93. The first-order chi connectivity index (χ1) is 7.56. The Morgan fingerprint density at radius 2 is 2.19 bits per heavy atom. The van der Waals surface area contributed by atoms with Gasteiger partial charge in [0, 0.05) is 17.8 Å². The van der Waals surface area contributed by atoms with Gasteiger partial charge in [-0.15, -0.1) is 0 Å². The molecule has 1 aromatic heterocycles. The van der Waals surface area contributed by atoms with Crippen molar-refractivity contribution in [2.75, 3.05) is 7.11 Å². The van der Waals surface area contributed by atoms with Crippen LogP contribution in [0.2, 0.25) is 0 Å². The van der Waals surface area contributed by atoms with E-state index in [9.17, 15) is 4.79 Å².